The van der Waals surface area contributed by atoms with Crippen LogP contribution in [0.3, 0.4) is 0 Å². The zero-order chi connectivity index (χ0) is 26.4. The maximum atomic E-state index is 13.7. The van der Waals surface area contributed by atoms with Crippen LogP contribution < -0.4 is 4.74 Å². The number of piperazine rings is 1. The smallest absolute Gasteiger partial charge is 0.342 e. The second-order valence-corrected chi connectivity index (χ2v) is 8.72. The third kappa shape index (κ3) is 5.94. The number of carbonyl (C=O) groups excluding carboxylic acids is 3. The molecule has 9 nitrogen and oxygen atoms in total. The molecule has 0 aliphatic carbocycles. The summed E-state index contributed by atoms with van der Waals surface area (Å²) in [5, 5.41) is 0. The van der Waals surface area contributed by atoms with Gasteiger partial charge in [0.05, 0.1) is 12.3 Å². The summed E-state index contributed by atoms with van der Waals surface area (Å²) in [5.41, 5.74) is 1.09. The van der Waals surface area contributed by atoms with Gasteiger partial charge in [-0.25, -0.2) is 14.8 Å². The summed E-state index contributed by atoms with van der Waals surface area (Å²) >= 11 is 0. The Hall–Kier alpha value is -4.27. The van der Waals surface area contributed by atoms with Gasteiger partial charge >= 0.3 is 5.97 Å². The summed E-state index contributed by atoms with van der Waals surface area (Å²) in [6, 6.07) is 18.1. The van der Waals surface area contributed by atoms with Gasteiger partial charge in [-0.2, -0.15) is 0 Å². The molecule has 37 heavy (non-hydrogen) atoms. The van der Waals surface area contributed by atoms with E-state index in [2.05, 4.69) is 9.97 Å². The van der Waals surface area contributed by atoms with Crippen LogP contribution in [0, 0.1) is 6.92 Å². The van der Waals surface area contributed by atoms with Crippen LogP contribution in [0.5, 0.6) is 5.75 Å². The van der Waals surface area contributed by atoms with Crippen molar-refractivity contribution in [2.24, 2.45) is 0 Å². The third-order valence-corrected chi connectivity index (χ3v) is 6.09. The van der Waals surface area contributed by atoms with Gasteiger partial charge in [0.1, 0.15) is 22.8 Å². The van der Waals surface area contributed by atoms with Crippen molar-refractivity contribution in [1.29, 1.82) is 0 Å². The zero-order valence-electron chi connectivity index (χ0n) is 21.2. The predicted octanol–water partition coefficient (Wildman–Crippen LogP) is 3.38. The number of aromatic nitrogens is 2. The fourth-order valence-corrected chi connectivity index (χ4v) is 4.34. The molecule has 1 atom stereocenters. The maximum Gasteiger partial charge on any atom is 0.342 e. The Morgan fingerprint density at radius 1 is 0.973 bits per heavy atom. The lowest BCUT2D eigenvalue weighted by molar-refractivity contribution is -0.137. The van der Waals surface area contributed by atoms with Gasteiger partial charge in [-0.15, -0.1) is 0 Å². The molecule has 192 valence electrons. The van der Waals surface area contributed by atoms with Crippen LogP contribution in [0.15, 0.2) is 60.7 Å². The average molecular weight is 503 g/mol. The molecule has 0 radical (unpaired) electrons. The van der Waals surface area contributed by atoms with Crippen molar-refractivity contribution in [2.75, 3.05) is 32.8 Å². The number of esters is 1. The van der Waals surface area contributed by atoms with Crippen LogP contribution in [-0.4, -0.2) is 76.4 Å². The first-order valence-corrected chi connectivity index (χ1v) is 12.3. The van der Waals surface area contributed by atoms with Crippen LogP contribution >= 0.6 is 0 Å². The zero-order valence-corrected chi connectivity index (χ0v) is 21.2. The lowest BCUT2D eigenvalue weighted by Crippen LogP contribution is -2.56. The molecule has 0 saturated carbocycles. The molecule has 3 aromatic rings. The molecule has 2 heterocycles. The fraction of sp³-hybridized carbons (Fsp3) is 0.321. The predicted molar refractivity (Wildman–Crippen MR) is 137 cm³/mol. The molecule has 1 saturated heterocycles. The normalized spacial score (nSPS) is 15.3. The number of nitrogens with zero attached hydrogens (tertiary/aromatic N) is 4. The Balaban J connectivity index is 1.54. The van der Waals surface area contributed by atoms with Crippen LogP contribution in [0.2, 0.25) is 0 Å². The summed E-state index contributed by atoms with van der Waals surface area (Å²) in [6.07, 6.45) is 0. The number of carbonyl (C=O) groups is 3. The topological polar surface area (TPSA) is 102 Å². The molecule has 4 rings (SSSR count). The van der Waals surface area contributed by atoms with E-state index in [0.717, 1.165) is 0 Å². The summed E-state index contributed by atoms with van der Waals surface area (Å²) in [7, 11) is 0. The molecular weight excluding hydrogens is 472 g/mol. The first-order chi connectivity index (χ1) is 17.9. The minimum absolute atomic E-state index is 0.00388. The van der Waals surface area contributed by atoms with Gasteiger partial charge in [0, 0.05) is 31.2 Å². The Kier molecular flexibility index (Phi) is 8.12. The number of rotatable bonds is 7. The number of hydrogen-bond donors (Lipinski definition) is 0. The molecule has 2 amide bonds. The number of amides is 2. The van der Waals surface area contributed by atoms with Crippen molar-refractivity contribution in [3.63, 3.8) is 0 Å². The van der Waals surface area contributed by atoms with Crippen LogP contribution in [0.4, 0.5) is 0 Å². The highest BCUT2D eigenvalue weighted by atomic mass is 16.5. The van der Waals surface area contributed by atoms with E-state index in [4.69, 9.17) is 9.47 Å². The van der Waals surface area contributed by atoms with Crippen molar-refractivity contribution in [1.82, 2.24) is 19.8 Å². The lowest BCUT2D eigenvalue weighted by atomic mass is 10.0. The van der Waals surface area contributed by atoms with Gasteiger partial charge in [-0.05, 0) is 32.9 Å². The van der Waals surface area contributed by atoms with Crippen LogP contribution in [-0.2, 0) is 9.53 Å². The SMILES string of the molecule is CCOC(=O)c1c(C(=O)N2CCN(C(=O)COc3ccccc3)C(C)C2)nc(C)nc1-c1ccccc1. The first kappa shape index (κ1) is 25.8. The van der Waals surface area contributed by atoms with Crippen LogP contribution in [0.1, 0.15) is 40.5 Å². The standard InChI is InChI=1S/C28H30N4O5/c1-4-36-28(35)24-25(21-11-7-5-8-12-21)29-20(3)30-26(24)27(34)31-15-16-32(19(2)17-31)23(33)18-37-22-13-9-6-10-14-22/h5-14,19H,4,15-18H2,1-3H3. The first-order valence-electron chi connectivity index (χ1n) is 12.3. The van der Waals surface area contributed by atoms with E-state index >= 15 is 0 Å². The van der Waals surface area contributed by atoms with Gasteiger partial charge in [0.2, 0.25) is 0 Å². The van der Waals surface area contributed by atoms with Gasteiger partial charge in [0.25, 0.3) is 11.8 Å². The Bertz CT molecular complexity index is 1270. The second kappa shape index (κ2) is 11.6. The molecule has 9 heteroatoms. The monoisotopic (exact) mass is 502 g/mol. The Morgan fingerprint density at radius 2 is 1.65 bits per heavy atom. The van der Waals surface area contributed by atoms with Crippen LogP contribution in [0.25, 0.3) is 11.3 Å². The van der Waals surface area contributed by atoms with Crippen molar-refractivity contribution in [3.05, 3.63) is 77.7 Å². The molecule has 0 spiro atoms. The molecule has 1 aromatic heterocycles. The number of ether oxygens (including phenoxy) is 2. The lowest BCUT2D eigenvalue weighted by Gasteiger charge is -2.39. The Morgan fingerprint density at radius 3 is 2.30 bits per heavy atom. The molecule has 1 unspecified atom stereocenters. The Labute approximate surface area is 216 Å². The van der Waals surface area contributed by atoms with E-state index in [9.17, 15) is 14.4 Å². The highest BCUT2D eigenvalue weighted by Crippen LogP contribution is 2.26. The molecular formula is C28H30N4O5. The van der Waals surface area contributed by atoms with Crippen molar-refractivity contribution in [3.8, 4) is 17.0 Å². The maximum absolute atomic E-state index is 13.7. The quantitative estimate of drug-likeness (QED) is 0.457. The number of para-hydroxylation sites is 1. The van der Waals surface area contributed by atoms with Crippen molar-refractivity contribution >= 4 is 17.8 Å². The minimum Gasteiger partial charge on any atom is -0.484 e. The fourth-order valence-electron chi connectivity index (χ4n) is 4.34. The average Bonchev–Trinajstić information content (AvgIpc) is 2.92. The summed E-state index contributed by atoms with van der Waals surface area (Å²) < 4.78 is 10.9. The largest absolute Gasteiger partial charge is 0.484 e. The van der Waals surface area contributed by atoms with E-state index < -0.39 is 11.9 Å². The van der Waals surface area contributed by atoms with Gasteiger partial charge in [0.15, 0.2) is 6.61 Å². The molecule has 1 aliphatic heterocycles. The number of benzene rings is 2. The van der Waals surface area contributed by atoms with E-state index in [-0.39, 0.29) is 36.4 Å². The molecule has 1 fully saturated rings. The van der Waals surface area contributed by atoms with Crippen molar-refractivity contribution in [2.45, 2.75) is 26.8 Å². The van der Waals surface area contributed by atoms with E-state index in [1.165, 1.54) is 0 Å². The summed E-state index contributed by atoms with van der Waals surface area (Å²) in [4.78, 5) is 51.7. The highest BCUT2D eigenvalue weighted by molar-refractivity contribution is 6.07. The van der Waals surface area contributed by atoms with Gasteiger partial charge in [-0.1, -0.05) is 48.5 Å². The number of hydrogen-bond acceptors (Lipinski definition) is 7. The minimum atomic E-state index is -0.648. The van der Waals surface area contributed by atoms with E-state index in [1.54, 1.807) is 35.8 Å². The molecule has 1 aliphatic rings. The van der Waals surface area contributed by atoms with Gasteiger partial charge in [-0.3, -0.25) is 9.59 Å². The van der Waals surface area contributed by atoms with Crippen molar-refractivity contribution < 1.29 is 23.9 Å². The summed E-state index contributed by atoms with van der Waals surface area (Å²) in [5.74, 6) is -0.206. The molecule has 0 N–H and O–H groups in total. The number of aryl methyl sites for hydroxylation is 1. The van der Waals surface area contributed by atoms with E-state index in [0.29, 0.717) is 42.5 Å². The van der Waals surface area contributed by atoms with Gasteiger partial charge < -0.3 is 19.3 Å². The highest BCUT2D eigenvalue weighted by Gasteiger charge is 2.34. The second-order valence-electron chi connectivity index (χ2n) is 8.72. The third-order valence-electron chi connectivity index (χ3n) is 6.09. The van der Waals surface area contributed by atoms with E-state index in [1.807, 2.05) is 55.5 Å². The molecule has 2 aromatic carbocycles. The molecule has 0 bridgehead atoms. The summed E-state index contributed by atoms with van der Waals surface area (Å²) in [6.45, 7) is 6.27.